The third kappa shape index (κ3) is 4.82. The van der Waals surface area contributed by atoms with Crippen molar-refractivity contribution in [2.75, 3.05) is 5.75 Å². The lowest BCUT2D eigenvalue weighted by atomic mass is 9.91. The normalized spacial score (nSPS) is 31.4. The molecule has 0 spiro atoms. The number of hydrogen-bond acceptors (Lipinski definition) is 2. The fourth-order valence-electron chi connectivity index (χ4n) is 3.14. The second-order valence-corrected chi connectivity index (χ2v) is 8.95. The van der Waals surface area contributed by atoms with E-state index in [-0.39, 0.29) is 6.04 Å². The standard InChI is InChI=1S/C13H24BrNO2S/c14-12-6-8-13(9-7-12)15-18(16,17)10-11-4-2-1-3-5-11/h11-13,15H,1-10H2. The summed E-state index contributed by atoms with van der Waals surface area (Å²) in [6.07, 6.45) is 9.97. The van der Waals surface area contributed by atoms with Gasteiger partial charge in [0.25, 0.3) is 0 Å². The maximum Gasteiger partial charge on any atom is 0.212 e. The van der Waals surface area contributed by atoms with Gasteiger partial charge >= 0.3 is 0 Å². The first kappa shape index (κ1) is 14.8. The number of nitrogens with one attached hydrogen (secondary N) is 1. The van der Waals surface area contributed by atoms with Gasteiger partial charge in [-0.3, -0.25) is 0 Å². The Morgan fingerprint density at radius 2 is 1.56 bits per heavy atom. The molecule has 3 nitrogen and oxygen atoms in total. The predicted octanol–water partition coefficient (Wildman–Crippen LogP) is 3.19. The lowest BCUT2D eigenvalue weighted by Gasteiger charge is -2.27. The van der Waals surface area contributed by atoms with Crippen molar-refractivity contribution in [3.63, 3.8) is 0 Å². The predicted molar refractivity (Wildman–Crippen MR) is 78.5 cm³/mol. The molecule has 0 saturated heterocycles. The Kier molecular flexibility index (Phi) is 5.51. The van der Waals surface area contributed by atoms with E-state index < -0.39 is 10.0 Å². The van der Waals surface area contributed by atoms with Gasteiger partial charge in [0.1, 0.15) is 0 Å². The van der Waals surface area contributed by atoms with Crippen LogP contribution in [-0.4, -0.2) is 25.0 Å². The SMILES string of the molecule is O=S(=O)(CC1CCCCC1)NC1CCC(Br)CC1. The summed E-state index contributed by atoms with van der Waals surface area (Å²) in [6.45, 7) is 0. The van der Waals surface area contributed by atoms with Crippen molar-refractivity contribution in [3.05, 3.63) is 0 Å². The molecule has 0 unspecified atom stereocenters. The van der Waals surface area contributed by atoms with Crippen molar-refractivity contribution in [2.24, 2.45) is 5.92 Å². The molecule has 1 N–H and O–H groups in total. The Balaban J connectivity index is 1.79. The zero-order valence-corrected chi connectivity index (χ0v) is 13.3. The van der Waals surface area contributed by atoms with Gasteiger partial charge in [-0.2, -0.15) is 0 Å². The first-order valence-corrected chi connectivity index (χ1v) is 9.76. The molecule has 2 aliphatic carbocycles. The van der Waals surface area contributed by atoms with Crippen LogP contribution in [0.5, 0.6) is 0 Å². The van der Waals surface area contributed by atoms with E-state index in [1.165, 1.54) is 19.3 Å². The summed E-state index contributed by atoms with van der Waals surface area (Å²) < 4.78 is 27.2. The van der Waals surface area contributed by atoms with Gasteiger partial charge < -0.3 is 0 Å². The third-order valence-electron chi connectivity index (χ3n) is 4.18. The van der Waals surface area contributed by atoms with E-state index in [1.807, 2.05) is 0 Å². The lowest BCUT2D eigenvalue weighted by Crippen LogP contribution is -2.40. The van der Waals surface area contributed by atoms with Crippen LogP contribution in [0.2, 0.25) is 0 Å². The number of sulfonamides is 1. The molecule has 0 heterocycles. The Labute approximate surface area is 119 Å². The van der Waals surface area contributed by atoms with Gasteiger partial charge in [-0.25, -0.2) is 13.1 Å². The lowest BCUT2D eigenvalue weighted by molar-refractivity contribution is 0.379. The number of hydrogen-bond donors (Lipinski definition) is 1. The highest BCUT2D eigenvalue weighted by molar-refractivity contribution is 9.09. The zero-order valence-electron chi connectivity index (χ0n) is 10.9. The summed E-state index contributed by atoms with van der Waals surface area (Å²) in [4.78, 5) is 0.580. The molecular weight excluding hydrogens is 314 g/mol. The summed E-state index contributed by atoms with van der Waals surface area (Å²) in [6, 6.07) is 0.174. The maximum absolute atomic E-state index is 12.1. The molecule has 2 rings (SSSR count). The second kappa shape index (κ2) is 6.71. The highest BCUT2D eigenvalue weighted by Crippen LogP contribution is 2.27. The summed E-state index contributed by atoms with van der Waals surface area (Å²) >= 11 is 3.60. The van der Waals surface area contributed by atoms with Crippen molar-refractivity contribution >= 4 is 26.0 Å². The van der Waals surface area contributed by atoms with Crippen LogP contribution in [0.1, 0.15) is 57.8 Å². The second-order valence-electron chi connectivity index (χ2n) is 5.85. The molecule has 18 heavy (non-hydrogen) atoms. The smallest absolute Gasteiger partial charge is 0.212 e. The molecule has 2 saturated carbocycles. The summed E-state index contributed by atoms with van der Waals surface area (Å²) in [5.74, 6) is 0.741. The van der Waals surface area contributed by atoms with Gasteiger partial charge in [-0.1, -0.05) is 35.2 Å². The van der Waals surface area contributed by atoms with Crippen molar-refractivity contribution in [1.82, 2.24) is 4.72 Å². The molecule has 0 bridgehead atoms. The molecule has 0 atom stereocenters. The minimum absolute atomic E-state index is 0.174. The molecule has 0 aromatic heterocycles. The van der Waals surface area contributed by atoms with Crippen LogP contribution in [0.3, 0.4) is 0 Å². The van der Waals surface area contributed by atoms with E-state index in [4.69, 9.17) is 0 Å². The van der Waals surface area contributed by atoms with Gasteiger partial charge in [0.2, 0.25) is 10.0 Å². The molecule has 2 aliphatic rings. The summed E-state index contributed by atoms with van der Waals surface area (Å²) in [5, 5.41) is 0. The summed E-state index contributed by atoms with van der Waals surface area (Å²) in [7, 11) is -3.06. The molecule has 0 radical (unpaired) electrons. The van der Waals surface area contributed by atoms with Gasteiger partial charge in [-0.05, 0) is 44.4 Å². The minimum atomic E-state index is -3.06. The zero-order chi connectivity index (χ0) is 13.0. The quantitative estimate of drug-likeness (QED) is 0.800. The van der Waals surface area contributed by atoms with Crippen LogP contribution in [0.25, 0.3) is 0 Å². The molecule has 0 aliphatic heterocycles. The van der Waals surface area contributed by atoms with Crippen LogP contribution >= 0.6 is 15.9 Å². The van der Waals surface area contributed by atoms with E-state index >= 15 is 0 Å². The van der Waals surface area contributed by atoms with E-state index in [2.05, 4.69) is 20.7 Å². The Morgan fingerprint density at radius 1 is 0.944 bits per heavy atom. The van der Waals surface area contributed by atoms with Crippen LogP contribution in [0.15, 0.2) is 0 Å². The van der Waals surface area contributed by atoms with Gasteiger partial charge in [0.15, 0.2) is 0 Å². The topological polar surface area (TPSA) is 46.2 Å². The highest BCUT2D eigenvalue weighted by atomic mass is 79.9. The summed E-state index contributed by atoms with van der Waals surface area (Å²) in [5.41, 5.74) is 0. The molecule has 2 fully saturated rings. The highest BCUT2D eigenvalue weighted by Gasteiger charge is 2.26. The van der Waals surface area contributed by atoms with Crippen molar-refractivity contribution < 1.29 is 8.42 Å². The van der Waals surface area contributed by atoms with Crippen molar-refractivity contribution in [3.8, 4) is 0 Å². The fraction of sp³-hybridized carbons (Fsp3) is 1.00. The van der Waals surface area contributed by atoms with Crippen molar-refractivity contribution in [1.29, 1.82) is 0 Å². The Bertz CT molecular complexity index is 344. The van der Waals surface area contributed by atoms with E-state index in [1.54, 1.807) is 0 Å². The monoisotopic (exact) mass is 337 g/mol. The Hall–Kier alpha value is 0.390. The molecule has 0 amide bonds. The van der Waals surface area contributed by atoms with Crippen LogP contribution in [0, 0.1) is 5.92 Å². The van der Waals surface area contributed by atoms with E-state index in [0.717, 1.165) is 38.5 Å². The van der Waals surface area contributed by atoms with Gasteiger partial charge in [0, 0.05) is 10.9 Å². The average molecular weight is 338 g/mol. The third-order valence-corrected chi connectivity index (χ3v) is 6.70. The molecule has 5 heteroatoms. The van der Waals surface area contributed by atoms with Crippen molar-refractivity contribution in [2.45, 2.75) is 68.7 Å². The fourth-order valence-corrected chi connectivity index (χ4v) is 5.46. The molecule has 0 aromatic carbocycles. The van der Waals surface area contributed by atoms with E-state index in [0.29, 0.717) is 16.5 Å². The Morgan fingerprint density at radius 3 is 2.17 bits per heavy atom. The maximum atomic E-state index is 12.1. The molecule has 0 aromatic rings. The largest absolute Gasteiger partial charge is 0.212 e. The van der Waals surface area contributed by atoms with Crippen LogP contribution < -0.4 is 4.72 Å². The van der Waals surface area contributed by atoms with E-state index in [9.17, 15) is 8.42 Å². The number of alkyl halides is 1. The molecular formula is C13H24BrNO2S. The number of halogens is 1. The number of rotatable bonds is 4. The first-order valence-electron chi connectivity index (χ1n) is 7.19. The average Bonchev–Trinajstić information content (AvgIpc) is 2.32. The van der Waals surface area contributed by atoms with Crippen LogP contribution in [0.4, 0.5) is 0 Å². The van der Waals surface area contributed by atoms with Gasteiger partial charge in [-0.15, -0.1) is 0 Å². The van der Waals surface area contributed by atoms with Crippen LogP contribution in [-0.2, 0) is 10.0 Å². The minimum Gasteiger partial charge on any atom is -0.212 e. The van der Waals surface area contributed by atoms with Gasteiger partial charge in [0.05, 0.1) is 5.75 Å². The first-order chi connectivity index (χ1) is 8.55. The molecule has 106 valence electrons.